The summed E-state index contributed by atoms with van der Waals surface area (Å²) in [4.78, 5) is 11.6. The molecule has 5 heteroatoms. The summed E-state index contributed by atoms with van der Waals surface area (Å²) in [5.41, 5.74) is 3.90. The molecule has 1 aliphatic carbocycles. The molecule has 2 N–H and O–H groups in total. The van der Waals surface area contributed by atoms with E-state index in [1.54, 1.807) is 0 Å². The number of fused-ring (bicyclic) bond motifs is 3. The summed E-state index contributed by atoms with van der Waals surface area (Å²) in [5.74, 6) is 1.94. The maximum atomic E-state index is 11.6. The number of rotatable bonds is 6. The Hall–Kier alpha value is -2.43. The molecule has 2 aliphatic rings. The van der Waals surface area contributed by atoms with Crippen LogP contribution >= 0.6 is 0 Å². The SMILES string of the molecule is C=C1Oc2cc(CCCCC)c(CNC(=O)OC)c(O)c2C2C=C(C)CCC12. The number of amides is 1. The number of aryl methyl sites for hydroxylation is 1. The van der Waals surface area contributed by atoms with E-state index in [4.69, 9.17) is 9.47 Å². The Morgan fingerprint density at radius 1 is 1.43 bits per heavy atom. The second-order valence-electron chi connectivity index (χ2n) is 7.83. The van der Waals surface area contributed by atoms with Crippen LogP contribution in [0.25, 0.3) is 0 Å². The van der Waals surface area contributed by atoms with E-state index in [2.05, 4.69) is 31.8 Å². The molecule has 2 unspecified atom stereocenters. The van der Waals surface area contributed by atoms with Crippen molar-refractivity contribution in [3.8, 4) is 11.5 Å². The van der Waals surface area contributed by atoms with Crippen LogP contribution in [0.15, 0.2) is 30.1 Å². The van der Waals surface area contributed by atoms with Crippen LogP contribution in [-0.4, -0.2) is 18.3 Å². The van der Waals surface area contributed by atoms with Gasteiger partial charge in [0.25, 0.3) is 0 Å². The Morgan fingerprint density at radius 3 is 2.93 bits per heavy atom. The van der Waals surface area contributed by atoms with Crippen LogP contribution in [-0.2, 0) is 17.7 Å². The van der Waals surface area contributed by atoms with Crippen LogP contribution in [0.4, 0.5) is 4.79 Å². The molecular formula is C23H31NO4. The lowest BCUT2D eigenvalue weighted by molar-refractivity contribution is 0.170. The Labute approximate surface area is 167 Å². The second kappa shape index (κ2) is 8.72. The van der Waals surface area contributed by atoms with Crippen molar-refractivity contribution in [2.45, 2.75) is 64.8 Å². The maximum absolute atomic E-state index is 11.6. The van der Waals surface area contributed by atoms with Crippen molar-refractivity contribution in [3.05, 3.63) is 46.7 Å². The summed E-state index contributed by atoms with van der Waals surface area (Å²) in [6, 6.07) is 2.03. The molecule has 1 heterocycles. The standard InChI is InChI=1S/C23H31NO4/c1-5-6-7-8-16-12-20-21(22(25)19(16)13-24-23(26)27-4)18-11-14(2)9-10-17(18)15(3)28-20/h11-12,17-18,25H,3,5-10,13H2,1-2,4H3,(H,24,26). The molecule has 0 spiro atoms. The molecule has 1 aromatic rings. The van der Waals surface area contributed by atoms with E-state index < -0.39 is 6.09 Å². The number of aromatic hydroxyl groups is 1. The van der Waals surface area contributed by atoms with Crippen molar-refractivity contribution >= 4 is 6.09 Å². The number of carbonyl (C=O) groups excluding carboxylic acids is 1. The highest BCUT2D eigenvalue weighted by Crippen LogP contribution is 2.52. The van der Waals surface area contributed by atoms with Gasteiger partial charge in [0, 0.05) is 23.0 Å². The summed E-state index contributed by atoms with van der Waals surface area (Å²) in [6.07, 6.45) is 7.79. The molecule has 5 nitrogen and oxygen atoms in total. The molecule has 3 rings (SSSR count). The van der Waals surface area contributed by atoms with Gasteiger partial charge >= 0.3 is 6.09 Å². The third kappa shape index (κ3) is 4.03. The molecule has 0 saturated heterocycles. The number of ether oxygens (including phenoxy) is 2. The second-order valence-corrected chi connectivity index (χ2v) is 7.83. The first kappa shape index (κ1) is 20.3. The summed E-state index contributed by atoms with van der Waals surface area (Å²) >= 11 is 0. The number of hydrogen-bond donors (Lipinski definition) is 2. The molecule has 1 aromatic carbocycles. The fourth-order valence-corrected chi connectivity index (χ4v) is 4.31. The van der Waals surface area contributed by atoms with Gasteiger partial charge < -0.3 is 19.9 Å². The van der Waals surface area contributed by atoms with Crippen molar-refractivity contribution in [1.82, 2.24) is 5.32 Å². The van der Waals surface area contributed by atoms with Crippen LogP contribution in [0.1, 0.15) is 68.6 Å². The third-order valence-corrected chi connectivity index (χ3v) is 5.88. The van der Waals surface area contributed by atoms with Gasteiger partial charge in [0.05, 0.1) is 13.7 Å². The van der Waals surface area contributed by atoms with Crippen molar-refractivity contribution in [2.75, 3.05) is 7.11 Å². The summed E-state index contributed by atoms with van der Waals surface area (Å²) < 4.78 is 10.8. The van der Waals surface area contributed by atoms with Crippen LogP contribution in [0, 0.1) is 5.92 Å². The lowest BCUT2D eigenvalue weighted by Gasteiger charge is -2.37. The third-order valence-electron chi connectivity index (χ3n) is 5.88. The van der Waals surface area contributed by atoms with Gasteiger partial charge in [0.1, 0.15) is 17.3 Å². The molecule has 28 heavy (non-hydrogen) atoms. The number of benzene rings is 1. The smallest absolute Gasteiger partial charge is 0.407 e. The van der Waals surface area contributed by atoms with Gasteiger partial charge in [-0.3, -0.25) is 0 Å². The number of allylic oxidation sites excluding steroid dienone is 3. The molecule has 0 radical (unpaired) electrons. The summed E-state index contributed by atoms with van der Waals surface area (Å²) in [6.45, 7) is 8.66. The molecule has 0 fully saturated rings. The number of unbranched alkanes of at least 4 members (excludes halogenated alkanes) is 2. The zero-order valence-corrected chi connectivity index (χ0v) is 17.1. The molecular weight excluding hydrogens is 354 g/mol. The van der Waals surface area contributed by atoms with Crippen LogP contribution < -0.4 is 10.1 Å². The quantitative estimate of drug-likeness (QED) is 0.513. The van der Waals surface area contributed by atoms with Gasteiger partial charge in [-0.1, -0.05) is 38.0 Å². The lowest BCUT2D eigenvalue weighted by atomic mass is 9.73. The lowest BCUT2D eigenvalue weighted by Crippen LogP contribution is -2.27. The fraction of sp³-hybridized carbons (Fsp3) is 0.522. The highest BCUT2D eigenvalue weighted by Gasteiger charge is 2.38. The van der Waals surface area contributed by atoms with Gasteiger partial charge in [-0.15, -0.1) is 0 Å². The Kier molecular flexibility index (Phi) is 6.32. The van der Waals surface area contributed by atoms with Crippen LogP contribution in [0.5, 0.6) is 11.5 Å². The average molecular weight is 386 g/mol. The minimum Gasteiger partial charge on any atom is -0.507 e. The number of hydrogen-bond acceptors (Lipinski definition) is 4. The number of alkyl carbamates (subject to hydrolysis) is 1. The predicted molar refractivity (Wildman–Crippen MR) is 110 cm³/mol. The largest absolute Gasteiger partial charge is 0.507 e. The predicted octanol–water partition coefficient (Wildman–Crippen LogP) is 5.33. The first-order valence-corrected chi connectivity index (χ1v) is 10.2. The van der Waals surface area contributed by atoms with Gasteiger partial charge in [-0.2, -0.15) is 0 Å². The molecule has 2 atom stereocenters. The Bertz CT molecular complexity index is 796. The van der Waals surface area contributed by atoms with Gasteiger partial charge in [-0.25, -0.2) is 4.79 Å². The molecule has 152 valence electrons. The number of nitrogens with one attached hydrogen (secondary N) is 1. The van der Waals surface area contributed by atoms with Crippen molar-refractivity contribution in [3.63, 3.8) is 0 Å². The highest BCUT2D eigenvalue weighted by atomic mass is 16.5. The molecule has 0 saturated carbocycles. The topological polar surface area (TPSA) is 67.8 Å². The Balaban J connectivity index is 2.04. The number of phenolic OH excluding ortho intramolecular Hbond substituents is 1. The minimum atomic E-state index is -0.507. The van der Waals surface area contributed by atoms with E-state index in [1.165, 1.54) is 12.7 Å². The summed E-state index contributed by atoms with van der Waals surface area (Å²) in [5, 5.41) is 14.0. The number of carbonyl (C=O) groups is 1. The van der Waals surface area contributed by atoms with E-state index in [-0.39, 0.29) is 24.1 Å². The monoisotopic (exact) mass is 385 g/mol. The number of phenols is 1. The average Bonchev–Trinajstić information content (AvgIpc) is 2.67. The van der Waals surface area contributed by atoms with E-state index in [1.807, 2.05) is 6.07 Å². The van der Waals surface area contributed by atoms with Crippen LogP contribution in [0.3, 0.4) is 0 Å². The van der Waals surface area contributed by atoms with E-state index in [0.29, 0.717) is 5.75 Å². The first-order valence-electron chi connectivity index (χ1n) is 10.2. The fourth-order valence-electron chi connectivity index (χ4n) is 4.31. The van der Waals surface area contributed by atoms with Gasteiger partial charge in [-0.05, 0) is 44.2 Å². The van der Waals surface area contributed by atoms with Gasteiger partial charge in [0.2, 0.25) is 0 Å². The van der Waals surface area contributed by atoms with Crippen molar-refractivity contribution in [1.29, 1.82) is 0 Å². The van der Waals surface area contributed by atoms with E-state index in [9.17, 15) is 9.90 Å². The highest BCUT2D eigenvalue weighted by molar-refractivity contribution is 5.68. The van der Waals surface area contributed by atoms with Crippen molar-refractivity contribution < 1.29 is 19.4 Å². The molecule has 0 aromatic heterocycles. The zero-order valence-electron chi connectivity index (χ0n) is 17.1. The normalized spacial score (nSPS) is 20.5. The van der Waals surface area contributed by atoms with Gasteiger partial charge in [0.15, 0.2) is 0 Å². The maximum Gasteiger partial charge on any atom is 0.407 e. The minimum absolute atomic E-state index is 0.0616. The molecule has 1 aliphatic heterocycles. The van der Waals surface area contributed by atoms with Crippen molar-refractivity contribution in [2.24, 2.45) is 5.92 Å². The molecule has 0 bridgehead atoms. The zero-order chi connectivity index (χ0) is 20.3. The summed E-state index contributed by atoms with van der Waals surface area (Å²) in [7, 11) is 1.34. The van der Waals surface area contributed by atoms with Crippen LogP contribution in [0.2, 0.25) is 0 Å². The number of methoxy groups -OCH3 is 1. The molecule has 1 amide bonds. The van der Waals surface area contributed by atoms with E-state index >= 15 is 0 Å². The first-order chi connectivity index (χ1) is 13.5. The Morgan fingerprint density at radius 2 is 2.21 bits per heavy atom. The van der Waals surface area contributed by atoms with E-state index in [0.717, 1.165) is 61.0 Å².